The number of hydrogen-bond donors (Lipinski definition) is 2. The second kappa shape index (κ2) is 12.4. The lowest BCUT2D eigenvalue weighted by atomic mass is 10.1. The Morgan fingerprint density at radius 2 is 1.96 bits per heavy atom. The van der Waals surface area contributed by atoms with E-state index in [-0.39, 0.29) is 29.8 Å². The number of benzene rings is 1. The summed E-state index contributed by atoms with van der Waals surface area (Å²) in [6.45, 7) is 4.02. The summed E-state index contributed by atoms with van der Waals surface area (Å²) in [5.74, 6) is 0.412. The molecule has 144 valence electrons. The van der Waals surface area contributed by atoms with Gasteiger partial charge in [-0.2, -0.15) is 0 Å². The highest BCUT2D eigenvalue weighted by Gasteiger charge is 2.13. The van der Waals surface area contributed by atoms with E-state index in [1.807, 2.05) is 13.0 Å². The van der Waals surface area contributed by atoms with Crippen LogP contribution >= 0.6 is 24.0 Å². The molecule has 0 saturated carbocycles. The predicted octanol–water partition coefficient (Wildman–Crippen LogP) is 1.82. The maximum Gasteiger partial charge on any atom is 0.211 e. The highest BCUT2D eigenvalue weighted by molar-refractivity contribution is 14.0. The molecule has 2 N–H and O–H groups in total. The van der Waals surface area contributed by atoms with Crippen LogP contribution in [0.4, 0.5) is 4.39 Å². The molecular formula is C16H28FIN4O2S. The van der Waals surface area contributed by atoms with E-state index in [2.05, 4.69) is 15.6 Å². The maximum absolute atomic E-state index is 13.1. The number of nitrogens with zero attached hydrogens (tertiary/aromatic N) is 2. The Hall–Kier alpha value is -0.940. The van der Waals surface area contributed by atoms with Crippen LogP contribution < -0.4 is 10.6 Å². The molecule has 0 fully saturated rings. The van der Waals surface area contributed by atoms with E-state index < -0.39 is 10.0 Å². The van der Waals surface area contributed by atoms with Crippen molar-refractivity contribution in [3.63, 3.8) is 0 Å². The molecule has 1 aromatic carbocycles. The molecule has 0 unspecified atom stereocenters. The van der Waals surface area contributed by atoms with Gasteiger partial charge in [0.05, 0.1) is 6.26 Å². The van der Waals surface area contributed by atoms with Gasteiger partial charge in [-0.15, -0.1) is 24.0 Å². The molecule has 0 radical (unpaired) electrons. The molecule has 0 spiro atoms. The Labute approximate surface area is 167 Å². The number of aliphatic imine (C=N–C) groups is 1. The zero-order valence-corrected chi connectivity index (χ0v) is 18.1. The Bertz CT molecular complexity index is 641. The normalized spacial score (nSPS) is 12.0. The minimum atomic E-state index is -3.14. The molecule has 25 heavy (non-hydrogen) atoms. The van der Waals surface area contributed by atoms with Crippen LogP contribution in [0.1, 0.15) is 18.9 Å². The number of rotatable bonds is 9. The van der Waals surface area contributed by atoms with Crippen molar-refractivity contribution in [2.75, 3.05) is 39.5 Å². The lowest BCUT2D eigenvalue weighted by molar-refractivity contribution is 0.424. The average molecular weight is 486 g/mol. The quantitative estimate of drug-likeness (QED) is 0.242. The first kappa shape index (κ1) is 24.1. The zero-order chi connectivity index (χ0) is 18.0. The van der Waals surface area contributed by atoms with Gasteiger partial charge in [0.15, 0.2) is 5.96 Å². The van der Waals surface area contributed by atoms with E-state index in [1.165, 1.54) is 22.7 Å². The van der Waals surface area contributed by atoms with E-state index in [0.29, 0.717) is 45.0 Å². The summed E-state index contributed by atoms with van der Waals surface area (Å²) in [6, 6.07) is 6.51. The molecule has 0 saturated heterocycles. The van der Waals surface area contributed by atoms with E-state index in [1.54, 1.807) is 13.1 Å². The van der Waals surface area contributed by atoms with Gasteiger partial charge in [0.2, 0.25) is 10.0 Å². The molecule has 0 atom stereocenters. The minimum absolute atomic E-state index is 0. The second-order valence-corrected chi connectivity index (χ2v) is 7.40. The van der Waals surface area contributed by atoms with E-state index >= 15 is 0 Å². The van der Waals surface area contributed by atoms with Gasteiger partial charge in [-0.25, -0.2) is 17.1 Å². The van der Waals surface area contributed by atoms with Gasteiger partial charge >= 0.3 is 0 Å². The van der Waals surface area contributed by atoms with Crippen LogP contribution in [0.25, 0.3) is 0 Å². The molecule has 0 aromatic heterocycles. The first-order valence-corrected chi connectivity index (χ1v) is 9.85. The van der Waals surface area contributed by atoms with Crippen molar-refractivity contribution in [1.82, 2.24) is 14.9 Å². The fourth-order valence-corrected chi connectivity index (χ4v) is 3.19. The number of nitrogens with one attached hydrogen (secondary N) is 2. The van der Waals surface area contributed by atoms with Crippen LogP contribution in [0.5, 0.6) is 0 Å². The molecular weight excluding hydrogens is 458 g/mol. The average Bonchev–Trinajstić information content (AvgIpc) is 2.52. The fraction of sp³-hybridized carbons (Fsp3) is 0.562. The minimum Gasteiger partial charge on any atom is -0.356 e. The molecule has 0 bridgehead atoms. The highest BCUT2D eigenvalue weighted by Crippen LogP contribution is 2.03. The van der Waals surface area contributed by atoms with E-state index in [9.17, 15) is 12.8 Å². The maximum atomic E-state index is 13.1. The third-order valence-corrected chi connectivity index (χ3v) is 4.90. The van der Waals surface area contributed by atoms with E-state index in [0.717, 1.165) is 5.56 Å². The molecule has 0 heterocycles. The van der Waals surface area contributed by atoms with Crippen LogP contribution in [0.2, 0.25) is 0 Å². The van der Waals surface area contributed by atoms with Crippen molar-refractivity contribution in [2.45, 2.75) is 19.8 Å². The molecule has 9 heteroatoms. The Balaban J connectivity index is 0.00000576. The zero-order valence-electron chi connectivity index (χ0n) is 15.0. The van der Waals surface area contributed by atoms with Crippen molar-refractivity contribution < 1.29 is 12.8 Å². The van der Waals surface area contributed by atoms with Crippen molar-refractivity contribution in [2.24, 2.45) is 4.99 Å². The molecule has 1 aromatic rings. The first-order valence-electron chi connectivity index (χ1n) is 8.01. The summed E-state index contributed by atoms with van der Waals surface area (Å²) in [7, 11) is -1.47. The van der Waals surface area contributed by atoms with Crippen molar-refractivity contribution in [1.29, 1.82) is 0 Å². The van der Waals surface area contributed by atoms with Gasteiger partial charge in [-0.05, 0) is 30.5 Å². The molecule has 0 aliphatic carbocycles. The van der Waals surface area contributed by atoms with Gasteiger partial charge in [0, 0.05) is 33.2 Å². The standard InChI is InChI=1S/C16H27FN4O2S.HI/c1-4-21(24(3,22)23)12-6-10-19-16(18-2)20-11-9-14-7-5-8-15(17)13-14;/h5,7-8,13H,4,6,9-12H2,1-3H3,(H2,18,19,20);1H. The Morgan fingerprint density at radius 3 is 2.52 bits per heavy atom. The molecule has 1 rings (SSSR count). The monoisotopic (exact) mass is 486 g/mol. The molecule has 6 nitrogen and oxygen atoms in total. The number of sulfonamides is 1. The van der Waals surface area contributed by atoms with Crippen molar-refractivity contribution >= 4 is 40.0 Å². The van der Waals surface area contributed by atoms with Gasteiger partial charge in [-0.3, -0.25) is 4.99 Å². The highest BCUT2D eigenvalue weighted by atomic mass is 127. The largest absolute Gasteiger partial charge is 0.356 e. The Kier molecular flexibility index (Phi) is 12.0. The first-order chi connectivity index (χ1) is 11.4. The third-order valence-electron chi connectivity index (χ3n) is 3.52. The second-order valence-electron chi connectivity index (χ2n) is 5.41. The summed E-state index contributed by atoms with van der Waals surface area (Å²) < 4.78 is 37.5. The summed E-state index contributed by atoms with van der Waals surface area (Å²) in [5, 5.41) is 6.30. The van der Waals surface area contributed by atoms with Crippen LogP contribution in [0, 0.1) is 5.82 Å². The topological polar surface area (TPSA) is 73.8 Å². The Morgan fingerprint density at radius 1 is 1.28 bits per heavy atom. The molecule has 0 amide bonds. The molecule has 0 aliphatic heterocycles. The number of halogens is 2. The van der Waals surface area contributed by atoms with Crippen LogP contribution in [-0.4, -0.2) is 58.2 Å². The molecule has 0 aliphatic rings. The summed E-state index contributed by atoms with van der Waals surface area (Å²) in [4.78, 5) is 4.11. The van der Waals surface area contributed by atoms with Crippen LogP contribution in [0.15, 0.2) is 29.3 Å². The summed E-state index contributed by atoms with van der Waals surface area (Å²) in [5.41, 5.74) is 0.921. The number of hydrogen-bond acceptors (Lipinski definition) is 3. The van der Waals surface area contributed by atoms with E-state index in [4.69, 9.17) is 0 Å². The smallest absolute Gasteiger partial charge is 0.211 e. The van der Waals surface area contributed by atoms with Gasteiger partial charge in [0.25, 0.3) is 0 Å². The van der Waals surface area contributed by atoms with Gasteiger partial charge in [0.1, 0.15) is 5.82 Å². The third kappa shape index (κ3) is 9.95. The van der Waals surface area contributed by atoms with Crippen molar-refractivity contribution in [3.05, 3.63) is 35.6 Å². The lowest BCUT2D eigenvalue weighted by Gasteiger charge is -2.18. The van der Waals surface area contributed by atoms with Gasteiger partial charge < -0.3 is 10.6 Å². The SMILES string of the molecule is CCN(CCCNC(=NC)NCCc1cccc(F)c1)S(C)(=O)=O.I. The number of guanidine groups is 1. The van der Waals surface area contributed by atoms with Crippen LogP contribution in [0.3, 0.4) is 0 Å². The van der Waals surface area contributed by atoms with Crippen molar-refractivity contribution in [3.8, 4) is 0 Å². The van der Waals surface area contributed by atoms with Crippen LogP contribution in [-0.2, 0) is 16.4 Å². The fourth-order valence-electron chi connectivity index (χ4n) is 2.26. The predicted molar refractivity (Wildman–Crippen MR) is 112 cm³/mol. The summed E-state index contributed by atoms with van der Waals surface area (Å²) in [6.07, 6.45) is 2.60. The van der Waals surface area contributed by atoms with Gasteiger partial charge in [-0.1, -0.05) is 19.1 Å². The summed E-state index contributed by atoms with van der Waals surface area (Å²) >= 11 is 0. The lowest BCUT2D eigenvalue weighted by Crippen LogP contribution is -2.40.